The van der Waals surface area contributed by atoms with Crippen molar-refractivity contribution in [1.29, 1.82) is 0 Å². The van der Waals surface area contributed by atoms with Gasteiger partial charge >= 0.3 is 0 Å². The zero-order valence-electron chi connectivity index (χ0n) is 18.4. The summed E-state index contributed by atoms with van der Waals surface area (Å²) in [5.74, 6) is 0.0243. The lowest BCUT2D eigenvalue weighted by Crippen LogP contribution is -2.48. The van der Waals surface area contributed by atoms with Crippen molar-refractivity contribution in [3.05, 3.63) is 47.3 Å². The SMILES string of the molecule is Cl.Cl.NC1CCC(n2cc(C(=O)N3CCC(N4CCc5ccccc5C4)CC3)nn2)CC1. The van der Waals surface area contributed by atoms with Crippen molar-refractivity contribution in [2.75, 3.05) is 19.6 Å². The van der Waals surface area contributed by atoms with Gasteiger partial charge < -0.3 is 10.6 Å². The van der Waals surface area contributed by atoms with Gasteiger partial charge in [0, 0.05) is 38.3 Å². The van der Waals surface area contributed by atoms with Gasteiger partial charge in [-0.25, -0.2) is 4.68 Å². The van der Waals surface area contributed by atoms with E-state index in [4.69, 9.17) is 5.73 Å². The van der Waals surface area contributed by atoms with Crippen molar-refractivity contribution in [2.24, 2.45) is 5.73 Å². The highest BCUT2D eigenvalue weighted by molar-refractivity contribution is 5.92. The second-order valence-electron chi connectivity index (χ2n) is 9.16. The number of amides is 1. The van der Waals surface area contributed by atoms with Crippen LogP contribution in [0.3, 0.4) is 0 Å². The molecule has 1 saturated carbocycles. The molecule has 0 unspecified atom stereocenters. The molecule has 176 valence electrons. The first-order valence-corrected chi connectivity index (χ1v) is 11.4. The fraction of sp³-hybridized carbons (Fsp3) is 0.609. The van der Waals surface area contributed by atoms with E-state index in [0.717, 1.165) is 71.1 Å². The number of benzene rings is 1. The number of hydrogen-bond acceptors (Lipinski definition) is 5. The van der Waals surface area contributed by atoms with Crippen molar-refractivity contribution in [2.45, 2.75) is 69.6 Å². The summed E-state index contributed by atoms with van der Waals surface area (Å²) in [6.45, 7) is 3.75. The summed E-state index contributed by atoms with van der Waals surface area (Å²) in [7, 11) is 0. The van der Waals surface area contributed by atoms with E-state index in [1.807, 2.05) is 15.8 Å². The monoisotopic (exact) mass is 480 g/mol. The molecular weight excluding hydrogens is 447 g/mol. The number of nitrogens with zero attached hydrogens (tertiary/aromatic N) is 5. The number of aromatic nitrogens is 3. The number of halogens is 2. The Hall–Kier alpha value is -1.67. The Bertz CT molecular complexity index is 890. The summed E-state index contributed by atoms with van der Waals surface area (Å²) < 4.78 is 1.89. The number of likely N-dealkylation sites (tertiary alicyclic amines) is 1. The molecule has 2 N–H and O–H groups in total. The van der Waals surface area contributed by atoms with Gasteiger partial charge in [0.2, 0.25) is 0 Å². The summed E-state index contributed by atoms with van der Waals surface area (Å²) >= 11 is 0. The predicted octanol–water partition coefficient (Wildman–Crippen LogP) is 3.23. The molecule has 0 radical (unpaired) electrons. The first-order valence-electron chi connectivity index (χ1n) is 11.4. The summed E-state index contributed by atoms with van der Waals surface area (Å²) in [5.41, 5.74) is 9.44. The summed E-state index contributed by atoms with van der Waals surface area (Å²) in [6.07, 6.45) is 9.10. The fourth-order valence-corrected chi connectivity index (χ4v) is 5.34. The second-order valence-corrected chi connectivity index (χ2v) is 9.16. The number of carbonyl (C=O) groups is 1. The molecule has 0 atom stereocenters. The van der Waals surface area contributed by atoms with Crippen LogP contribution in [0.15, 0.2) is 30.5 Å². The Morgan fingerprint density at radius 1 is 0.906 bits per heavy atom. The summed E-state index contributed by atoms with van der Waals surface area (Å²) in [4.78, 5) is 17.5. The van der Waals surface area contributed by atoms with Crippen molar-refractivity contribution in [1.82, 2.24) is 24.8 Å². The number of carbonyl (C=O) groups excluding carboxylic acids is 1. The lowest BCUT2D eigenvalue weighted by molar-refractivity contribution is 0.0594. The molecule has 2 aliphatic heterocycles. The molecule has 3 aliphatic rings. The molecule has 3 heterocycles. The van der Waals surface area contributed by atoms with Gasteiger partial charge in [-0.15, -0.1) is 29.9 Å². The predicted molar refractivity (Wildman–Crippen MR) is 129 cm³/mol. The van der Waals surface area contributed by atoms with Crippen molar-refractivity contribution < 1.29 is 4.79 Å². The van der Waals surface area contributed by atoms with E-state index >= 15 is 0 Å². The van der Waals surface area contributed by atoms with Crippen LogP contribution < -0.4 is 5.73 Å². The van der Waals surface area contributed by atoms with Crippen LogP contribution in [-0.4, -0.2) is 62.4 Å². The standard InChI is InChI=1S/C23H32N6O.2ClH/c24-19-5-7-21(8-6-19)29-16-22(25-26-29)23(30)27-13-10-20(11-14-27)28-12-9-17-3-1-2-4-18(17)15-28;;/h1-4,16,19-21H,5-15,24H2;2*1H. The number of fused-ring (bicyclic) bond motifs is 1. The number of hydrogen-bond donors (Lipinski definition) is 1. The topological polar surface area (TPSA) is 80.3 Å². The minimum absolute atomic E-state index is 0. The summed E-state index contributed by atoms with van der Waals surface area (Å²) in [5, 5.41) is 8.46. The minimum atomic E-state index is 0. The van der Waals surface area contributed by atoms with E-state index in [-0.39, 0.29) is 30.7 Å². The molecule has 1 aromatic carbocycles. The molecular formula is C23H34Cl2N6O. The zero-order valence-corrected chi connectivity index (χ0v) is 20.1. The molecule has 1 aromatic heterocycles. The van der Waals surface area contributed by atoms with Crippen molar-refractivity contribution in [3.8, 4) is 0 Å². The van der Waals surface area contributed by atoms with Gasteiger partial charge in [0.05, 0.1) is 12.2 Å². The largest absolute Gasteiger partial charge is 0.337 e. The van der Waals surface area contributed by atoms with Crippen LogP contribution in [0.25, 0.3) is 0 Å². The van der Waals surface area contributed by atoms with Crippen LogP contribution in [0, 0.1) is 0 Å². The molecule has 1 amide bonds. The summed E-state index contributed by atoms with van der Waals surface area (Å²) in [6, 6.07) is 9.97. The molecule has 0 spiro atoms. The van der Waals surface area contributed by atoms with Crippen LogP contribution in [0.1, 0.15) is 66.2 Å². The third-order valence-corrected chi connectivity index (χ3v) is 7.27. The lowest BCUT2D eigenvalue weighted by Gasteiger charge is -2.40. The van der Waals surface area contributed by atoms with Crippen LogP contribution in [0.5, 0.6) is 0 Å². The third-order valence-electron chi connectivity index (χ3n) is 7.27. The molecule has 2 fully saturated rings. The fourth-order valence-electron chi connectivity index (χ4n) is 5.34. The van der Waals surface area contributed by atoms with Crippen LogP contribution in [0.2, 0.25) is 0 Å². The number of piperidine rings is 1. The van der Waals surface area contributed by atoms with Gasteiger partial charge in [0.25, 0.3) is 5.91 Å². The van der Waals surface area contributed by atoms with Gasteiger partial charge in [-0.05, 0) is 56.1 Å². The smallest absolute Gasteiger partial charge is 0.276 e. The van der Waals surface area contributed by atoms with Gasteiger partial charge in [-0.2, -0.15) is 0 Å². The van der Waals surface area contributed by atoms with Gasteiger partial charge in [-0.1, -0.05) is 29.5 Å². The van der Waals surface area contributed by atoms with Gasteiger partial charge in [-0.3, -0.25) is 9.69 Å². The molecule has 5 rings (SSSR count). The number of rotatable bonds is 3. The van der Waals surface area contributed by atoms with E-state index in [9.17, 15) is 4.79 Å². The van der Waals surface area contributed by atoms with E-state index in [1.54, 1.807) is 0 Å². The average Bonchev–Trinajstić information content (AvgIpc) is 3.29. The average molecular weight is 481 g/mol. The highest BCUT2D eigenvalue weighted by Crippen LogP contribution is 2.28. The van der Waals surface area contributed by atoms with Gasteiger partial charge in [0.1, 0.15) is 0 Å². The number of nitrogens with two attached hydrogens (primary N) is 1. The minimum Gasteiger partial charge on any atom is -0.337 e. The lowest BCUT2D eigenvalue weighted by atomic mass is 9.92. The van der Waals surface area contributed by atoms with Crippen LogP contribution in [-0.2, 0) is 13.0 Å². The Morgan fingerprint density at radius 3 is 2.31 bits per heavy atom. The van der Waals surface area contributed by atoms with Crippen LogP contribution in [0.4, 0.5) is 0 Å². The van der Waals surface area contributed by atoms with E-state index in [2.05, 4.69) is 39.5 Å². The van der Waals surface area contributed by atoms with E-state index < -0.39 is 0 Å². The molecule has 2 aromatic rings. The molecule has 9 heteroatoms. The maximum Gasteiger partial charge on any atom is 0.276 e. The van der Waals surface area contributed by atoms with Gasteiger partial charge in [0.15, 0.2) is 5.69 Å². The molecule has 32 heavy (non-hydrogen) atoms. The first kappa shape index (κ1) is 25.0. The Kier molecular flexibility index (Phi) is 8.55. The van der Waals surface area contributed by atoms with E-state index in [1.165, 1.54) is 11.1 Å². The normalized spacial score (nSPS) is 24.2. The maximum absolute atomic E-state index is 13.0. The molecule has 1 aliphatic carbocycles. The third kappa shape index (κ3) is 5.28. The maximum atomic E-state index is 13.0. The highest BCUT2D eigenvalue weighted by Gasteiger charge is 2.30. The highest BCUT2D eigenvalue weighted by atomic mass is 35.5. The Morgan fingerprint density at radius 2 is 1.59 bits per heavy atom. The second kappa shape index (κ2) is 11.0. The Balaban J connectivity index is 0.00000144. The Labute approximate surface area is 202 Å². The first-order chi connectivity index (χ1) is 14.7. The van der Waals surface area contributed by atoms with Crippen LogP contribution >= 0.6 is 24.8 Å². The molecule has 0 bridgehead atoms. The van der Waals surface area contributed by atoms with Crippen molar-refractivity contribution in [3.63, 3.8) is 0 Å². The quantitative estimate of drug-likeness (QED) is 0.728. The zero-order chi connectivity index (χ0) is 20.5. The van der Waals surface area contributed by atoms with Crippen molar-refractivity contribution >= 4 is 30.7 Å². The molecule has 1 saturated heterocycles. The molecule has 7 nitrogen and oxygen atoms in total. The van der Waals surface area contributed by atoms with E-state index in [0.29, 0.717) is 23.8 Å².